The molecule has 1 aromatic rings. The number of aryl methyl sites for hydroxylation is 2. The minimum absolute atomic E-state index is 0.00445. The molecule has 0 radical (unpaired) electrons. The minimum atomic E-state index is -0.140. The van der Waals surface area contributed by atoms with Gasteiger partial charge < -0.3 is 10.6 Å². The van der Waals surface area contributed by atoms with Gasteiger partial charge in [-0.05, 0) is 18.8 Å². The molecule has 2 N–H and O–H groups in total. The first-order chi connectivity index (χ1) is 10.8. The topological polar surface area (TPSA) is 79.3 Å². The van der Waals surface area contributed by atoms with Crippen LogP contribution in [0.15, 0.2) is 6.20 Å². The Balaban J connectivity index is 1.71. The van der Waals surface area contributed by atoms with Gasteiger partial charge in [0, 0.05) is 44.5 Å². The second-order valence-electron chi connectivity index (χ2n) is 7.37. The molecule has 2 aliphatic rings. The van der Waals surface area contributed by atoms with E-state index in [1.165, 1.54) is 0 Å². The van der Waals surface area contributed by atoms with Crippen molar-refractivity contribution < 1.29 is 9.59 Å². The predicted molar refractivity (Wildman–Crippen MR) is 86.0 cm³/mol. The largest absolute Gasteiger partial charge is 0.355 e. The summed E-state index contributed by atoms with van der Waals surface area (Å²) in [4.78, 5) is 26.6. The first-order valence-electron chi connectivity index (χ1n) is 8.11. The molecule has 3 heterocycles. The summed E-state index contributed by atoms with van der Waals surface area (Å²) in [7, 11) is 1.81. The van der Waals surface area contributed by atoms with E-state index in [9.17, 15) is 9.59 Å². The predicted octanol–water partition coefficient (Wildman–Crippen LogP) is 0.0572. The maximum Gasteiger partial charge on any atom is 0.272 e. The molecule has 2 unspecified atom stereocenters. The number of likely N-dealkylation sites (tertiary alicyclic amines) is 1. The van der Waals surface area contributed by atoms with Crippen LogP contribution in [0.5, 0.6) is 0 Å². The van der Waals surface area contributed by atoms with E-state index in [-0.39, 0.29) is 29.3 Å². The molecule has 0 bridgehead atoms. The third kappa shape index (κ3) is 2.97. The molecule has 0 aromatic carbocycles. The number of aromatic nitrogens is 2. The normalized spacial score (nSPS) is 27.2. The molecule has 2 fully saturated rings. The van der Waals surface area contributed by atoms with Gasteiger partial charge in [0.05, 0.1) is 6.04 Å². The third-order valence-electron chi connectivity index (χ3n) is 4.96. The van der Waals surface area contributed by atoms with Gasteiger partial charge >= 0.3 is 0 Å². The Morgan fingerprint density at radius 1 is 1.48 bits per heavy atom. The summed E-state index contributed by atoms with van der Waals surface area (Å²) in [5.41, 5.74) is 1.26. The van der Waals surface area contributed by atoms with Gasteiger partial charge in [-0.25, -0.2) is 0 Å². The molecule has 0 spiro atoms. The zero-order chi connectivity index (χ0) is 16.8. The summed E-state index contributed by atoms with van der Waals surface area (Å²) in [6, 6.07) is -0.0578. The number of carbonyl (C=O) groups is 2. The Morgan fingerprint density at radius 3 is 2.78 bits per heavy atom. The Labute approximate surface area is 136 Å². The number of rotatable bonds is 3. The highest BCUT2D eigenvalue weighted by molar-refractivity contribution is 5.93. The van der Waals surface area contributed by atoms with Crippen LogP contribution in [-0.2, 0) is 11.8 Å². The molecule has 2 amide bonds. The van der Waals surface area contributed by atoms with Crippen molar-refractivity contribution in [2.75, 3.05) is 19.6 Å². The number of nitrogens with one attached hydrogen (secondary N) is 2. The van der Waals surface area contributed by atoms with Crippen LogP contribution in [0, 0.1) is 12.3 Å². The molecular formula is C16H25N5O2. The second kappa shape index (κ2) is 5.63. The fourth-order valence-electron chi connectivity index (χ4n) is 3.65. The van der Waals surface area contributed by atoms with Crippen molar-refractivity contribution in [3.63, 3.8) is 0 Å². The molecule has 7 heteroatoms. The van der Waals surface area contributed by atoms with Crippen LogP contribution in [0.4, 0.5) is 0 Å². The fraction of sp³-hybridized carbons (Fsp3) is 0.688. The van der Waals surface area contributed by atoms with Crippen molar-refractivity contribution in [1.82, 2.24) is 25.3 Å². The molecule has 23 heavy (non-hydrogen) atoms. The van der Waals surface area contributed by atoms with Crippen molar-refractivity contribution in [1.29, 1.82) is 0 Å². The van der Waals surface area contributed by atoms with E-state index in [1.54, 1.807) is 4.68 Å². The SMILES string of the molecule is Cc1cn(C)nc1C(=O)NC1CN(C2CCNC2=O)CC1(C)C. The maximum atomic E-state index is 12.5. The first kappa shape index (κ1) is 16.0. The smallest absolute Gasteiger partial charge is 0.272 e. The van der Waals surface area contributed by atoms with Crippen molar-refractivity contribution in [2.45, 2.75) is 39.3 Å². The maximum absolute atomic E-state index is 12.5. The van der Waals surface area contributed by atoms with Crippen LogP contribution < -0.4 is 10.6 Å². The standard InChI is InChI=1S/C16H25N5O2/c1-10-7-20(4)19-13(10)15(23)18-12-8-21(9-16(12,2)3)11-5-6-17-14(11)22/h7,11-12H,5-6,8-9H2,1-4H3,(H,17,22)(H,18,23). The van der Waals surface area contributed by atoms with Crippen molar-refractivity contribution in [3.8, 4) is 0 Å². The summed E-state index contributed by atoms with van der Waals surface area (Å²) in [5.74, 6) is -0.0350. The van der Waals surface area contributed by atoms with Crippen molar-refractivity contribution in [2.24, 2.45) is 12.5 Å². The summed E-state index contributed by atoms with van der Waals surface area (Å²) in [6.45, 7) is 8.40. The van der Waals surface area contributed by atoms with Gasteiger partial charge in [0.1, 0.15) is 0 Å². The quantitative estimate of drug-likeness (QED) is 0.825. The van der Waals surface area contributed by atoms with Crippen LogP contribution in [0.3, 0.4) is 0 Å². The van der Waals surface area contributed by atoms with E-state index in [0.29, 0.717) is 12.2 Å². The van der Waals surface area contributed by atoms with Gasteiger partial charge in [0.25, 0.3) is 5.91 Å². The number of amides is 2. The van der Waals surface area contributed by atoms with E-state index in [4.69, 9.17) is 0 Å². The zero-order valence-corrected chi connectivity index (χ0v) is 14.2. The van der Waals surface area contributed by atoms with Gasteiger partial charge in [-0.15, -0.1) is 0 Å². The van der Waals surface area contributed by atoms with Crippen LogP contribution >= 0.6 is 0 Å². The Morgan fingerprint density at radius 2 is 2.22 bits per heavy atom. The molecule has 7 nitrogen and oxygen atoms in total. The fourth-order valence-corrected chi connectivity index (χ4v) is 3.65. The summed E-state index contributed by atoms with van der Waals surface area (Å²) >= 11 is 0. The highest BCUT2D eigenvalue weighted by atomic mass is 16.2. The Hall–Kier alpha value is -1.89. The van der Waals surface area contributed by atoms with Crippen LogP contribution in [0.2, 0.25) is 0 Å². The van der Waals surface area contributed by atoms with E-state index in [1.807, 2.05) is 20.2 Å². The van der Waals surface area contributed by atoms with E-state index < -0.39 is 0 Å². The molecule has 1 aromatic heterocycles. The molecule has 126 valence electrons. The molecule has 2 aliphatic heterocycles. The molecule has 0 saturated carbocycles. The van der Waals surface area contributed by atoms with Gasteiger partial charge in [-0.3, -0.25) is 19.2 Å². The second-order valence-corrected chi connectivity index (χ2v) is 7.37. The minimum Gasteiger partial charge on any atom is -0.355 e. The molecular weight excluding hydrogens is 294 g/mol. The van der Waals surface area contributed by atoms with E-state index in [0.717, 1.165) is 25.1 Å². The van der Waals surface area contributed by atoms with Crippen LogP contribution in [0.1, 0.15) is 36.3 Å². The Bertz CT molecular complexity index is 636. The average molecular weight is 319 g/mol. The lowest BCUT2D eigenvalue weighted by atomic mass is 9.87. The van der Waals surface area contributed by atoms with Gasteiger partial charge in [-0.1, -0.05) is 13.8 Å². The highest BCUT2D eigenvalue weighted by Crippen LogP contribution is 2.32. The third-order valence-corrected chi connectivity index (χ3v) is 4.96. The van der Waals surface area contributed by atoms with Crippen LogP contribution in [-0.4, -0.2) is 58.2 Å². The van der Waals surface area contributed by atoms with Crippen molar-refractivity contribution in [3.05, 3.63) is 17.5 Å². The van der Waals surface area contributed by atoms with Crippen LogP contribution in [0.25, 0.3) is 0 Å². The summed E-state index contributed by atoms with van der Waals surface area (Å²) < 4.78 is 1.65. The number of hydrogen-bond donors (Lipinski definition) is 2. The number of nitrogens with zero attached hydrogens (tertiary/aromatic N) is 3. The average Bonchev–Trinajstić information content (AvgIpc) is 3.09. The Kier molecular flexibility index (Phi) is 3.91. The zero-order valence-electron chi connectivity index (χ0n) is 14.2. The molecule has 2 saturated heterocycles. The van der Waals surface area contributed by atoms with E-state index in [2.05, 4.69) is 34.5 Å². The lowest BCUT2D eigenvalue weighted by Gasteiger charge is -2.26. The first-order valence-corrected chi connectivity index (χ1v) is 8.11. The van der Waals surface area contributed by atoms with Gasteiger partial charge in [0.15, 0.2) is 5.69 Å². The van der Waals surface area contributed by atoms with E-state index >= 15 is 0 Å². The lowest BCUT2D eigenvalue weighted by Crippen LogP contribution is -2.45. The van der Waals surface area contributed by atoms with Crippen molar-refractivity contribution >= 4 is 11.8 Å². The van der Waals surface area contributed by atoms with Gasteiger partial charge in [0.2, 0.25) is 5.91 Å². The summed E-state index contributed by atoms with van der Waals surface area (Å²) in [6.07, 6.45) is 2.68. The number of carbonyl (C=O) groups excluding carboxylic acids is 2. The highest BCUT2D eigenvalue weighted by Gasteiger charge is 2.45. The molecule has 3 rings (SSSR count). The summed E-state index contributed by atoms with van der Waals surface area (Å²) in [5, 5.41) is 10.2. The molecule has 0 aliphatic carbocycles. The van der Waals surface area contributed by atoms with Gasteiger partial charge in [-0.2, -0.15) is 5.10 Å². The molecule has 2 atom stereocenters. The number of hydrogen-bond acceptors (Lipinski definition) is 4. The monoisotopic (exact) mass is 319 g/mol. The lowest BCUT2D eigenvalue weighted by molar-refractivity contribution is -0.123.